The minimum absolute atomic E-state index is 0.201. The number of carboxylic acids is 1. The van der Waals surface area contributed by atoms with Crippen molar-refractivity contribution in [3.63, 3.8) is 0 Å². The Balaban J connectivity index is 2.50. The summed E-state index contributed by atoms with van der Waals surface area (Å²) in [6, 6.07) is 3.42. The highest BCUT2D eigenvalue weighted by atomic mass is 35.5. The van der Waals surface area contributed by atoms with Crippen LogP contribution in [0.4, 0.5) is 0 Å². The van der Waals surface area contributed by atoms with Crippen LogP contribution in [0, 0.1) is 0 Å². The second-order valence-corrected chi connectivity index (χ2v) is 3.74. The molecule has 0 atom stereocenters. The third kappa shape index (κ3) is 1.61. The zero-order valence-corrected chi connectivity index (χ0v) is 8.27. The summed E-state index contributed by atoms with van der Waals surface area (Å²) in [6.45, 7) is 1.67. The fourth-order valence-corrected chi connectivity index (χ4v) is 1.93. The van der Waals surface area contributed by atoms with Crippen molar-refractivity contribution in [3.05, 3.63) is 33.8 Å². The molecule has 0 unspecified atom stereocenters. The van der Waals surface area contributed by atoms with Crippen LogP contribution in [0.3, 0.4) is 0 Å². The van der Waals surface area contributed by atoms with E-state index in [0.29, 0.717) is 5.02 Å². The van der Waals surface area contributed by atoms with Gasteiger partial charge in [-0.1, -0.05) is 11.6 Å². The maximum absolute atomic E-state index is 10.8. The van der Waals surface area contributed by atoms with Crippen molar-refractivity contribution in [1.82, 2.24) is 5.32 Å². The summed E-state index contributed by atoms with van der Waals surface area (Å²) in [5.41, 5.74) is 2.39. The third-order valence-corrected chi connectivity index (χ3v) is 2.72. The van der Waals surface area contributed by atoms with Gasteiger partial charge < -0.3 is 10.4 Å². The molecule has 2 rings (SSSR count). The highest BCUT2D eigenvalue weighted by molar-refractivity contribution is 6.33. The average molecular weight is 212 g/mol. The van der Waals surface area contributed by atoms with Crippen LogP contribution in [0.5, 0.6) is 0 Å². The van der Waals surface area contributed by atoms with Crippen LogP contribution >= 0.6 is 11.6 Å². The molecule has 0 saturated carbocycles. The largest absolute Gasteiger partial charge is 0.478 e. The lowest BCUT2D eigenvalue weighted by Crippen LogP contribution is -2.24. The van der Waals surface area contributed by atoms with Gasteiger partial charge in [-0.25, -0.2) is 4.79 Å². The number of rotatable bonds is 1. The summed E-state index contributed by atoms with van der Waals surface area (Å²) in [6.07, 6.45) is 0.868. The molecule has 0 spiro atoms. The van der Waals surface area contributed by atoms with Crippen LogP contribution in [0.2, 0.25) is 5.02 Å². The number of fused-ring (bicyclic) bond motifs is 1. The van der Waals surface area contributed by atoms with Crippen LogP contribution < -0.4 is 5.32 Å². The number of benzene rings is 1. The van der Waals surface area contributed by atoms with E-state index in [0.717, 1.165) is 30.6 Å². The molecule has 0 fully saturated rings. The fourth-order valence-electron chi connectivity index (χ4n) is 1.67. The summed E-state index contributed by atoms with van der Waals surface area (Å²) in [5.74, 6) is -0.962. The Labute approximate surface area is 86.7 Å². The van der Waals surface area contributed by atoms with Crippen LogP contribution in [0.25, 0.3) is 0 Å². The molecule has 1 aliphatic rings. The van der Waals surface area contributed by atoms with Crippen LogP contribution in [0.15, 0.2) is 12.1 Å². The smallest absolute Gasteiger partial charge is 0.337 e. The molecule has 1 aliphatic heterocycles. The standard InChI is InChI=1S/C10H10ClNO2/c11-9-4-7-5-12-2-1-6(7)3-8(9)10(13)14/h3-4,12H,1-2,5H2,(H,13,14). The first-order valence-electron chi connectivity index (χ1n) is 4.44. The number of aromatic carboxylic acids is 1. The van der Waals surface area contributed by atoms with Crippen molar-refractivity contribution in [3.8, 4) is 0 Å². The molecule has 3 nitrogen and oxygen atoms in total. The van der Waals surface area contributed by atoms with Crippen molar-refractivity contribution in [2.45, 2.75) is 13.0 Å². The van der Waals surface area contributed by atoms with Gasteiger partial charge in [-0.15, -0.1) is 0 Å². The molecule has 0 radical (unpaired) electrons. The summed E-state index contributed by atoms with van der Waals surface area (Å²) >= 11 is 5.85. The maximum atomic E-state index is 10.8. The molecule has 0 aromatic heterocycles. The van der Waals surface area contributed by atoms with Gasteiger partial charge in [-0.2, -0.15) is 0 Å². The third-order valence-electron chi connectivity index (χ3n) is 2.41. The molecule has 4 heteroatoms. The Bertz CT molecular complexity index is 390. The second kappa shape index (κ2) is 3.59. The molecule has 74 valence electrons. The first kappa shape index (κ1) is 9.49. The number of nitrogens with one attached hydrogen (secondary N) is 1. The van der Waals surface area contributed by atoms with Gasteiger partial charge in [0.15, 0.2) is 0 Å². The molecular weight excluding hydrogens is 202 g/mol. The molecule has 1 aromatic rings. The fraction of sp³-hybridized carbons (Fsp3) is 0.300. The predicted molar refractivity (Wildman–Crippen MR) is 53.8 cm³/mol. The normalized spacial score (nSPS) is 14.9. The highest BCUT2D eigenvalue weighted by Crippen LogP contribution is 2.23. The molecule has 14 heavy (non-hydrogen) atoms. The van der Waals surface area contributed by atoms with E-state index in [1.807, 2.05) is 0 Å². The molecule has 0 bridgehead atoms. The lowest BCUT2D eigenvalue weighted by molar-refractivity contribution is 0.0697. The van der Waals surface area contributed by atoms with E-state index in [2.05, 4.69) is 5.32 Å². The predicted octanol–water partition coefficient (Wildman–Crippen LogP) is 1.68. The van der Waals surface area contributed by atoms with Gasteiger partial charge in [0.2, 0.25) is 0 Å². The van der Waals surface area contributed by atoms with Crippen molar-refractivity contribution >= 4 is 17.6 Å². The highest BCUT2D eigenvalue weighted by Gasteiger charge is 2.15. The minimum Gasteiger partial charge on any atom is -0.478 e. The molecule has 1 aromatic carbocycles. The second-order valence-electron chi connectivity index (χ2n) is 3.33. The van der Waals surface area contributed by atoms with E-state index in [4.69, 9.17) is 16.7 Å². The van der Waals surface area contributed by atoms with Gasteiger partial charge in [0, 0.05) is 6.54 Å². The van der Waals surface area contributed by atoms with Gasteiger partial charge in [-0.05, 0) is 36.2 Å². The Morgan fingerprint density at radius 3 is 2.93 bits per heavy atom. The topological polar surface area (TPSA) is 49.3 Å². The molecule has 2 N–H and O–H groups in total. The maximum Gasteiger partial charge on any atom is 0.337 e. The first-order chi connectivity index (χ1) is 6.68. The molecule has 0 aliphatic carbocycles. The number of carboxylic acid groups (broad SMARTS) is 1. The van der Waals surface area contributed by atoms with Crippen molar-refractivity contribution < 1.29 is 9.90 Å². The van der Waals surface area contributed by atoms with E-state index in [-0.39, 0.29) is 5.56 Å². The summed E-state index contributed by atoms with van der Waals surface area (Å²) in [5, 5.41) is 12.4. The van der Waals surface area contributed by atoms with Crippen LogP contribution in [-0.2, 0) is 13.0 Å². The lowest BCUT2D eigenvalue weighted by atomic mass is 9.98. The Hall–Kier alpha value is -1.06. The molecule has 0 saturated heterocycles. The van der Waals surface area contributed by atoms with Gasteiger partial charge >= 0.3 is 5.97 Å². The molecular formula is C10H10ClNO2. The first-order valence-corrected chi connectivity index (χ1v) is 4.81. The monoisotopic (exact) mass is 211 g/mol. The van der Waals surface area contributed by atoms with Crippen molar-refractivity contribution in [2.75, 3.05) is 6.54 Å². The summed E-state index contributed by atoms with van der Waals surface area (Å²) in [7, 11) is 0. The quantitative estimate of drug-likeness (QED) is 0.743. The Kier molecular flexibility index (Phi) is 2.44. The number of carbonyl (C=O) groups is 1. The van der Waals surface area contributed by atoms with E-state index >= 15 is 0 Å². The average Bonchev–Trinajstić information content (AvgIpc) is 2.16. The van der Waals surface area contributed by atoms with Gasteiger partial charge in [0.05, 0.1) is 10.6 Å². The van der Waals surface area contributed by atoms with E-state index in [9.17, 15) is 4.79 Å². The summed E-state index contributed by atoms with van der Waals surface area (Å²) < 4.78 is 0. The zero-order valence-electron chi connectivity index (χ0n) is 7.51. The van der Waals surface area contributed by atoms with Crippen LogP contribution in [0.1, 0.15) is 21.5 Å². The SMILES string of the molecule is O=C(O)c1cc2c(cc1Cl)CNCC2. The number of hydrogen-bond donors (Lipinski definition) is 2. The Morgan fingerprint density at radius 1 is 1.43 bits per heavy atom. The Morgan fingerprint density at radius 2 is 2.21 bits per heavy atom. The van der Waals surface area contributed by atoms with E-state index in [1.165, 1.54) is 0 Å². The van der Waals surface area contributed by atoms with Gasteiger partial charge in [-0.3, -0.25) is 0 Å². The van der Waals surface area contributed by atoms with Gasteiger partial charge in [0.25, 0.3) is 0 Å². The minimum atomic E-state index is -0.962. The summed E-state index contributed by atoms with van der Waals surface area (Å²) in [4.78, 5) is 10.8. The lowest BCUT2D eigenvalue weighted by Gasteiger charge is -2.17. The molecule has 1 heterocycles. The van der Waals surface area contributed by atoms with E-state index < -0.39 is 5.97 Å². The zero-order chi connectivity index (χ0) is 10.1. The van der Waals surface area contributed by atoms with E-state index in [1.54, 1.807) is 12.1 Å². The van der Waals surface area contributed by atoms with Crippen LogP contribution in [-0.4, -0.2) is 17.6 Å². The van der Waals surface area contributed by atoms with Crippen molar-refractivity contribution in [2.24, 2.45) is 0 Å². The van der Waals surface area contributed by atoms with Crippen molar-refractivity contribution in [1.29, 1.82) is 0 Å². The van der Waals surface area contributed by atoms with Gasteiger partial charge in [0.1, 0.15) is 0 Å². The molecule has 0 amide bonds. The number of hydrogen-bond acceptors (Lipinski definition) is 2. The number of halogens is 1.